The standard InChI is InChI=1S/C20H24N2O9/c1-12-7-14(11-31-13(2)23)21(10-12)20(26)15-8-17(29-3)18(9-16(15)22(27)28)30-6-4-5-19(24)25/h8-9,14H,1,4-7,10-11H2,2-3H3,(H,24,25)/t14-/m0/s1. The molecule has 1 fully saturated rings. The minimum absolute atomic E-state index is 0.00349. The van der Waals surface area contributed by atoms with Gasteiger partial charge in [0, 0.05) is 26.0 Å². The molecular weight excluding hydrogens is 412 g/mol. The summed E-state index contributed by atoms with van der Waals surface area (Å²) in [5.41, 5.74) is 0.0450. The lowest BCUT2D eigenvalue weighted by Crippen LogP contribution is -2.39. The summed E-state index contributed by atoms with van der Waals surface area (Å²) >= 11 is 0. The highest BCUT2D eigenvalue weighted by Gasteiger charge is 2.36. The van der Waals surface area contributed by atoms with Crippen molar-refractivity contribution in [2.75, 3.05) is 26.9 Å². The number of esters is 1. The van der Waals surface area contributed by atoms with E-state index in [9.17, 15) is 24.5 Å². The van der Waals surface area contributed by atoms with Crippen LogP contribution in [0, 0.1) is 10.1 Å². The summed E-state index contributed by atoms with van der Waals surface area (Å²) in [5.74, 6) is -1.99. The molecule has 0 unspecified atom stereocenters. The van der Waals surface area contributed by atoms with E-state index >= 15 is 0 Å². The second-order valence-corrected chi connectivity index (χ2v) is 6.97. The van der Waals surface area contributed by atoms with Crippen molar-refractivity contribution in [3.05, 3.63) is 40.0 Å². The molecule has 1 aromatic carbocycles. The van der Waals surface area contributed by atoms with E-state index in [-0.39, 0.29) is 49.7 Å². The van der Waals surface area contributed by atoms with Gasteiger partial charge in [0.15, 0.2) is 11.5 Å². The Morgan fingerprint density at radius 1 is 1.32 bits per heavy atom. The minimum Gasteiger partial charge on any atom is -0.493 e. The number of hydrogen-bond acceptors (Lipinski definition) is 8. The summed E-state index contributed by atoms with van der Waals surface area (Å²) < 4.78 is 15.7. The Labute approximate surface area is 178 Å². The molecule has 0 aliphatic carbocycles. The molecule has 1 aromatic rings. The molecule has 1 N–H and O–H groups in total. The van der Waals surface area contributed by atoms with E-state index in [2.05, 4.69) is 6.58 Å². The lowest BCUT2D eigenvalue weighted by molar-refractivity contribution is -0.385. The van der Waals surface area contributed by atoms with E-state index in [1.165, 1.54) is 25.0 Å². The van der Waals surface area contributed by atoms with Gasteiger partial charge in [0.2, 0.25) is 0 Å². The molecule has 11 nitrogen and oxygen atoms in total. The lowest BCUT2D eigenvalue weighted by Gasteiger charge is -2.24. The van der Waals surface area contributed by atoms with Crippen LogP contribution in [-0.4, -0.2) is 65.7 Å². The van der Waals surface area contributed by atoms with Crippen LogP contribution in [0.15, 0.2) is 24.3 Å². The van der Waals surface area contributed by atoms with Crippen LogP contribution >= 0.6 is 0 Å². The maximum absolute atomic E-state index is 13.2. The van der Waals surface area contributed by atoms with E-state index in [4.69, 9.17) is 19.3 Å². The van der Waals surface area contributed by atoms with Gasteiger partial charge in [-0.2, -0.15) is 0 Å². The Hall–Kier alpha value is -3.63. The first-order valence-corrected chi connectivity index (χ1v) is 9.46. The molecule has 0 saturated carbocycles. The fraction of sp³-hybridized carbons (Fsp3) is 0.450. The van der Waals surface area contributed by atoms with Gasteiger partial charge in [0.05, 0.1) is 30.7 Å². The molecule has 0 spiro atoms. The molecule has 2 rings (SSSR count). The topological polar surface area (TPSA) is 146 Å². The van der Waals surface area contributed by atoms with Crippen LogP contribution in [0.3, 0.4) is 0 Å². The van der Waals surface area contributed by atoms with Gasteiger partial charge >= 0.3 is 11.9 Å². The average molecular weight is 436 g/mol. The highest BCUT2D eigenvalue weighted by atomic mass is 16.6. The third-order valence-electron chi connectivity index (χ3n) is 4.60. The molecule has 1 heterocycles. The summed E-state index contributed by atoms with van der Waals surface area (Å²) in [6.07, 6.45) is 0.485. The molecule has 0 radical (unpaired) electrons. The Balaban J connectivity index is 2.32. The van der Waals surface area contributed by atoms with Gasteiger partial charge in [-0.25, -0.2) is 0 Å². The lowest BCUT2D eigenvalue weighted by atomic mass is 10.1. The van der Waals surface area contributed by atoms with Crippen LogP contribution in [0.1, 0.15) is 36.5 Å². The van der Waals surface area contributed by atoms with Gasteiger partial charge < -0.3 is 24.2 Å². The fourth-order valence-electron chi connectivity index (χ4n) is 3.18. The van der Waals surface area contributed by atoms with E-state index in [0.29, 0.717) is 6.42 Å². The van der Waals surface area contributed by atoms with Crippen LogP contribution in [0.5, 0.6) is 11.5 Å². The van der Waals surface area contributed by atoms with Crippen molar-refractivity contribution in [3.63, 3.8) is 0 Å². The quantitative estimate of drug-likeness (QED) is 0.192. The molecule has 0 aromatic heterocycles. The number of hydrogen-bond donors (Lipinski definition) is 1. The molecule has 1 saturated heterocycles. The number of ether oxygens (including phenoxy) is 3. The number of methoxy groups -OCH3 is 1. The number of carbonyl (C=O) groups is 3. The second kappa shape index (κ2) is 10.4. The van der Waals surface area contributed by atoms with Crippen molar-refractivity contribution in [2.45, 2.75) is 32.2 Å². The normalized spacial score (nSPS) is 15.5. The monoisotopic (exact) mass is 436 g/mol. The van der Waals surface area contributed by atoms with Gasteiger partial charge in [0.25, 0.3) is 11.6 Å². The van der Waals surface area contributed by atoms with Gasteiger partial charge in [-0.1, -0.05) is 12.2 Å². The first kappa shape index (κ1) is 23.6. The Morgan fingerprint density at radius 3 is 2.61 bits per heavy atom. The molecule has 1 atom stereocenters. The molecule has 11 heteroatoms. The highest BCUT2D eigenvalue weighted by molar-refractivity contribution is 5.99. The Bertz CT molecular complexity index is 897. The molecule has 0 bridgehead atoms. The van der Waals surface area contributed by atoms with Crippen LogP contribution in [0.25, 0.3) is 0 Å². The number of carboxylic acid groups (broad SMARTS) is 1. The van der Waals surface area contributed by atoms with Crippen molar-refractivity contribution in [3.8, 4) is 11.5 Å². The SMILES string of the molecule is C=C1C[C@@H](COC(C)=O)N(C(=O)c2cc(OC)c(OCCCC(=O)O)cc2[N+](=O)[O-])C1. The third kappa shape index (κ3) is 6.17. The van der Waals surface area contributed by atoms with Crippen molar-refractivity contribution in [2.24, 2.45) is 0 Å². The smallest absolute Gasteiger partial charge is 0.303 e. The number of amides is 1. The number of aliphatic carboxylic acids is 1. The first-order chi connectivity index (χ1) is 14.6. The summed E-state index contributed by atoms with van der Waals surface area (Å²) in [4.78, 5) is 47.2. The molecule has 31 heavy (non-hydrogen) atoms. The van der Waals surface area contributed by atoms with Crippen LogP contribution in [0.2, 0.25) is 0 Å². The number of benzene rings is 1. The van der Waals surface area contributed by atoms with E-state index in [0.717, 1.165) is 11.6 Å². The predicted octanol–water partition coefficient (Wildman–Crippen LogP) is 2.18. The maximum Gasteiger partial charge on any atom is 0.303 e. The summed E-state index contributed by atoms with van der Waals surface area (Å²) in [6.45, 7) is 5.25. The first-order valence-electron chi connectivity index (χ1n) is 9.46. The number of nitro groups is 1. The van der Waals surface area contributed by atoms with E-state index < -0.39 is 34.5 Å². The summed E-state index contributed by atoms with van der Waals surface area (Å²) in [6, 6.07) is 1.82. The van der Waals surface area contributed by atoms with Gasteiger partial charge in [-0.3, -0.25) is 24.5 Å². The average Bonchev–Trinajstić information content (AvgIpc) is 3.08. The molecule has 1 aliphatic heterocycles. The zero-order chi connectivity index (χ0) is 23.1. The van der Waals surface area contributed by atoms with Crippen LogP contribution < -0.4 is 9.47 Å². The van der Waals surface area contributed by atoms with Crippen LogP contribution in [0.4, 0.5) is 5.69 Å². The number of carbonyl (C=O) groups excluding carboxylic acids is 2. The van der Waals surface area contributed by atoms with E-state index in [1.807, 2.05) is 0 Å². The number of likely N-dealkylation sites (tertiary alicyclic amines) is 1. The van der Waals surface area contributed by atoms with Gasteiger partial charge in [-0.05, 0) is 12.8 Å². The number of nitro benzene ring substituents is 1. The van der Waals surface area contributed by atoms with Gasteiger partial charge in [-0.15, -0.1) is 0 Å². The Kier molecular flexibility index (Phi) is 7.94. The minimum atomic E-state index is -0.988. The largest absolute Gasteiger partial charge is 0.493 e. The third-order valence-corrected chi connectivity index (χ3v) is 4.60. The van der Waals surface area contributed by atoms with Gasteiger partial charge in [0.1, 0.15) is 12.2 Å². The van der Waals surface area contributed by atoms with E-state index in [1.54, 1.807) is 0 Å². The maximum atomic E-state index is 13.2. The molecule has 1 aliphatic rings. The number of rotatable bonds is 10. The number of nitrogens with zero attached hydrogens (tertiary/aromatic N) is 2. The zero-order valence-corrected chi connectivity index (χ0v) is 17.3. The Morgan fingerprint density at radius 2 is 2.03 bits per heavy atom. The zero-order valence-electron chi connectivity index (χ0n) is 17.3. The second-order valence-electron chi connectivity index (χ2n) is 6.97. The summed E-state index contributed by atoms with van der Waals surface area (Å²) in [5, 5.41) is 20.3. The summed E-state index contributed by atoms with van der Waals surface area (Å²) in [7, 11) is 1.32. The van der Waals surface area contributed by atoms with Crippen molar-refractivity contribution < 1.29 is 38.6 Å². The van der Waals surface area contributed by atoms with Crippen LogP contribution in [-0.2, 0) is 14.3 Å². The molecule has 168 valence electrons. The molecular formula is C20H24N2O9. The molecule has 1 amide bonds. The highest BCUT2D eigenvalue weighted by Crippen LogP contribution is 2.36. The predicted molar refractivity (Wildman–Crippen MR) is 107 cm³/mol. The fourth-order valence-corrected chi connectivity index (χ4v) is 3.18. The van der Waals surface area contributed by atoms with Crippen molar-refractivity contribution in [1.29, 1.82) is 0 Å². The van der Waals surface area contributed by atoms with Crippen molar-refractivity contribution in [1.82, 2.24) is 4.90 Å². The number of carboxylic acids is 1. The van der Waals surface area contributed by atoms with Crippen molar-refractivity contribution >= 4 is 23.5 Å².